The van der Waals surface area contributed by atoms with Gasteiger partial charge in [-0.25, -0.2) is 0 Å². The number of aromatic amines is 1. The first-order valence-corrected chi connectivity index (χ1v) is 12.8. The maximum absolute atomic E-state index is 13.6. The van der Waals surface area contributed by atoms with Crippen molar-refractivity contribution in [1.29, 1.82) is 0 Å². The van der Waals surface area contributed by atoms with Crippen LogP contribution in [-0.4, -0.2) is 64.5 Å². The van der Waals surface area contributed by atoms with Crippen molar-refractivity contribution >= 4 is 34.6 Å². The minimum Gasteiger partial charge on any atom is -0.480 e. The lowest BCUT2D eigenvalue weighted by Gasteiger charge is -2.25. The normalized spacial score (nSPS) is 17.3. The summed E-state index contributed by atoms with van der Waals surface area (Å²) in [6.45, 7) is 2.10. The fourth-order valence-electron chi connectivity index (χ4n) is 4.62. The van der Waals surface area contributed by atoms with E-state index in [2.05, 4.69) is 26.3 Å². The molecule has 0 bridgehead atoms. The Morgan fingerprint density at radius 3 is 2.32 bits per heavy atom. The Hall–Kier alpha value is -4.18. The molecule has 10 nitrogen and oxygen atoms in total. The van der Waals surface area contributed by atoms with E-state index in [9.17, 15) is 24.3 Å². The zero-order valence-corrected chi connectivity index (χ0v) is 21.2. The minimum atomic E-state index is -1.19. The summed E-state index contributed by atoms with van der Waals surface area (Å²) in [5.41, 5.74) is 2.53. The predicted octanol–water partition coefficient (Wildman–Crippen LogP) is 1.26. The van der Waals surface area contributed by atoms with Gasteiger partial charge in [0.15, 0.2) is 0 Å². The SMILES string of the molecule is CC(NC(=O)C(Cc1c[nH]c2ccccc12)NC(=O)C(Cc1ccccc1)NC(=O)C1CCCN1)C(=O)O. The van der Waals surface area contributed by atoms with Crippen molar-refractivity contribution < 1.29 is 24.3 Å². The number of carboxylic acid groups (broad SMARTS) is 1. The van der Waals surface area contributed by atoms with Gasteiger partial charge in [0.25, 0.3) is 0 Å². The molecule has 1 fully saturated rings. The topological polar surface area (TPSA) is 152 Å². The Kier molecular flexibility index (Phi) is 8.75. The number of rotatable bonds is 11. The lowest BCUT2D eigenvalue weighted by molar-refractivity contribution is -0.141. The lowest BCUT2D eigenvalue weighted by atomic mass is 10.0. The van der Waals surface area contributed by atoms with E-state index in [1.807, 2.05) is 54.6 Å². The molecular formula is C28H33N5O5. The van der Waals surface area contributed by atoms with E-state index >= 15 is 0 Å². The summed E-state index contributed by atoms with van der Waals surface area (Å²) >= 11 is 0. The van der Waals surface area contributed by atoms with E-state index in [0.29, 0.717) is 6.42 Å². The maximum atomic E-state index is 13.6. The number of H-pyrrole nitrogens is 1. The molecule has 1 aliphatic rings. The van der Waals surface area contributed by atoms with Crippen molar-refractivity contribution in [3.05, 3.63) is 71.9 Å². The maximum Gasteiger partial charge on any atom is 0.325 e. The van der Waals surface area contributed by atoms with Crippen molar-refractivity contribution in [3.63, 3.8) is 0 Å². The molecule has 0 spiro atoms. The number of para-hydroxylation sites is 1. The molecule has 6 N–H and O–H groups in total. The third-order valence-corrected chi connectivity index (χ3v) is 6.75. The number of amides is 3. The fourth-order valence-corrected chi connectivity index (χ4v) is 4.62. The number of carbonyl (C=O) groups excluding carboxylic acids is 3. The van der Waals surface area contributed by atoms with Gasteiger partial charge in [-0.3, -0.25) is 19.2 Å². The average molecular weight is 520 g/mol. The highest BCUT2D eigenvalue weighted by atomic mass is 16.4. The van der Waals surface area contributed by atoms with Crippen molar-refractivity contribution in [2.75, 3.05) is 6.54 Å². The number of carboxylic acids is 1. The molecular weight excluding hydrogens is 486 g/mol. The van der Waals surface area contributed by atoms with Crippen molar-refractivity contribution in [3.8, 4) is 0 Å². The highest BCUT2D eigenvalue weighted by Gasteiger charge is 2.31. The van der Waals surface area contributed by atoms with Crippen LogP contribution in [0.15, 0.2) is 60.8 Å². The summed E-state index contributed by atoms with van der Waals surface area (Å²) in [6, 6.07) is 13.4. The molecule has 3 amide bonds. The first-order chi connectivity index (χ1) is 18.3. The van der Waals surface area contributed by atoms with Crippen LogP contribution in [0.25, 0.3) is 10.9 Å². The van der Waals surface area contributed by atoms with Crippen molar-refractivity contribution in [1.82, 2.24) is 26.3 Å². The van der Waals surface area contributed by atoms with E-state index < -0.39 is 35.9 Å². The summed E-state index contributed by atoms with van der Waals surface area (Å²) in [5.74, 6) is -2.60. The number of fused-ring (bicyclic) bond motifs is 1. The van der Waals surface area contributed by atoms with E-state index in [-0.39, 0.29) is 24.8 Å². The number of hydrogen-bond donors (Lipinski definition) is 6. The van der Waals surface area contributed by atoms with Crippen LogP contribution in [0.3, 0.4) is 0 Å². The van der Waals surface area contributed by atoms with Gasteiger partial charge in [-0.15, -0.1) is 0 Å². The average Bonchev–Trinajstić information content (AvgIpc) is 3.59. The van der Waals surface area contributed by atoms with Gasteiger partial charge >= 0.3 is 5.97 Å². The van der Waals surface area contributed by atoms with Gasteiger partial charge in [-0.2, -0.15) is 0 Å². The minimum absolute atomic E-state index is 0.129. The molecule has 2 aromatic carbocycles. The molecule has 200 valence electrons. The molecule has 38 heavy (non-hydrogen) atoms. The standard InChI is InChI=1S/C28H33N5O5/c1-17(28(37)38)31-26(35)24(15-19-16-30-21-11-6-5-10-20(19)21)33-27(36)23(14-18-8-3-2-4-9-18)32-25(34)22-12-7-13-29-22/h2-6,8-11,16-17,22-24,29-30H,7,12-15H2,1H3,(H,31,35)(H,32,34)(H,33,36)(H,37,38). The Morgan fingerprint density at radius 2 is 1.61 bits per heavy atom. The number of aliphatic carboxylic acids is 1. The third-order valence-electron chi connectivity index (χ3n) is 6.75. The van der Waals surface area contributed by atoms with Crippen LogP contribution in [0.2, 0.25) is 0 Å². The summed E-state index contributed by atoms with van der Waals surface area (Å²) in [6.07, 6.45) is 3.70. The zero-order valence-electron chi connectivity index (χ0n) is 21.2. The molecule has 10 heteroatoms. The molecule has 1 aliphatic heterocycles. The Labute approximate surface area is 220 Å². The van der Waals surface area contributed by atoms with Crippen molar-refractivity contribution in [2.45, 2.75) is 56.8 Å². The van der Waals surface area contributed by atoms with Crippen LogP contribution in [0.4, 0.5) is 0 Å². The fraction of sp³-hybridized carbons (Fsp3) is 0.357. The first-order valence-electron chi connectivity index (χ1n) is 12.8. The van der Waals surface area contributed by atoms with E-state index in [0.717, 1.165) is 35.0 Å². The Balaban J connectivity index is 1.56. The van der Waals surface area contributed by atoms with Crippen LogP contribution < -0.4 is 21.3 Å². The molecule has 4 rings (SSSR count). The van der Waals surface area contributed by atoms with E-state index in [4.69, 9.17) is 0 Å². The Morgan fingerprint density at radius 1 is 0.921 bits per heavy atom. The van der Waals surface area contributed by atoms with Gasteiger partial charge in [0.1, 0.15) is 18.1 Å². The quantitative estimate of drug-likeness (QED) is 0.224. The second kappa shape index (κ2) is 12.4. The molecule has 0 aliphatic carbocycles. The summed E-state index contributed by atoms with van der Waals surface area (Å²) < 4.78 is 0. The smallest absolute Gasteiger partial charge is 0.325 e. The van der Waals surface area contributed by atoms with Crippen LogP contribution in [0.1, 0.15) is 30.9 Å². The largest absolute Gasteiger partial charge is 0.480 e. The third kappa shape index (κ3) is 6.77. The number of carbonyl (C=O) groups is 4. The molecule has 4 unspecified atom stereocenters. The van der Waals surface area contributed by atoms with Gasteiger partial charge in [0, 0.05) is 29.9 Å². The molecule has 1 saturated heterocycles. The monoisotopic (exact) mass is 519 g/mol. The van der Waals surface area contributed by atoms with Gasteiger partial charge in [0.2, 0.25) is 17.7 Å². The summed E-state index contributed by atoms with van der Waals surface area (Å²) in [5, 5.41) is 21.4. The number of nitrogens with one attached hydrogen (secondary N) is 5. The molecule has 2 heterocycles. The molecule has 0 radical (unpaired) electrons. The van der Waals surface area contributed by atoms with Crippen LogP contribution in [-0.2, 0) is 32.0 Å². The van der Waals surface area contributed by atoms with E-state index in [1.54, 1.807) is 6.20 Å². The second-order valence-electron chi connectivity index (χ2n) is 9.59. The van der Waals surface area contributed by atoms with Gasteiger partial charge in [-0.05, 0) is 43.5 Å². The van der Waals surface area contributed by atoms with E-state index in [1.165, 1.54) is 6.92 Å². The van der Waals surface area contributed by atoms with Gasteiger partial charge in [-0.1, -0.05) is 48.5 Å². The van der Waals surface area contributed by atoms with Crippen LogP contribution >= 0.6 is 0 Å². The number of hydrogen-bond acceptors (Lipinski definition) is 5. The zero-order chi connectivity index (χ0) is 27.1. The lowest BCUT2D eigenvalue weighted by Crippen LogP contribution is -2.57. The number of benzene rings is 2. The Bertz CT molecular complexity index is 1290. The number of aromatic nitrogens is 1. The summed E-state index contributed by atoms with van der Waals surface area (Å²) in [4.78, 5) is 54.2. The van der Waals surface area contributed by atoms with Crippen molar-refractivity contribution in [2.24, 2.45) is 0 Å². The first kappa shape index (κ1) is 26.9. The van der Waals surface area contributed by atoms with Crippen LogP contribution in [0, 0.1) is 0 Å². The molecule has 4 atom stereocenters. The predicted molar refractivity (Wildman–Crippen MR) is 142 cm³/mol. The molecule has 1 aromatic heterocycles. The molecule has 3 aromatic rings. The second-order valence-corrected chi connectivity index (χ2v) is 9.59. The van der Waals surface area contributed by atoms with Crippen LogP contribution in [0.5, 0.6) is 0 Å². The highest BCUT2D eigenvalue weighted by Crippen LogP contribution is 2.19. The highest BCUT2D eigenvalue weighted by molar-refractivity contribution is 5.95. The molecule has 0 saturated carbocycles. The van der Waals surface area contributed by atoms with Gasteiger partial charge < -0.3 is 31.4 Å². The van der Waals surface area contributed by atoms with Gasteiger partial charge in [0.05, 0.1) is 6.04 Å². The summed E-state index contributed by atoms with van der Waals surface area (Å²) in [7, 11) is 0.